The van der Waals surface area contributed by atoms with Crippen LogP contribution in [0.25, 0.3) is 0 Å². The Morgan fingerprint density at radius 3 is 2.67 bits per heavy atom. The van der Waals surface area contributed by atoms with Gasteiger partial charge in [0.15, 0.2) is 0 Å². The van der Waals surface area contributed by atoms with Gasteiger partial charge < -0.3 is 9.47 Å². The lowest BCUT2D eigenvalue weighted by Crippen LogP contribution is -2.51. The van der Waals surface area contributed by atoms with Crippen molar-refractivity contribution in [1.29, 1.82) is 0 Å². The van der Waals surface area contributed by atoms with E-state index < -0.39 is 0 Å². The number of ether oxygens (including phenoxy) is 2. The number of morpholine rings is 2. The van der Waals surface area contributed by atoms with Gasteiger partial charge in [-0.05, 0) is 0 Å². The molecular weight excluding hydrogens is 156 g/mol. The number of nitrogens with zero attached hydrogens (tertiary/aromatic N) is 2. The second-order valence-corrected chi connectivity index (χ2v) is 3.10. The van der Waals surface area contributed by atoms with Gasteiger partial charge in [-0.25, -0.2) is 5.32 Å². The molecular formula is C8H15N2O2. The summed E-state index contributed by atoms with van der Waals surface area (Å²) in [5, 5.41) is 4.33. The van der Waals surface area contributed by atoms with Gasteiger partial charge in [-0.1, -0.05) is 0 Å². The van der Waals surface area contributed by atoms with Gasteiger partial charge in [-0.3, -0.25) is 4.90 Å². The van der Waals surface area contributed by atoms with Crippen LogP contribution in [0.3, 0.4) is 0 Å². The van der Waals surface area contributed by atoms with Crippen LogP contribution in [0.15, 0.2) is 0 Å². The Bertz CT molecular complexity index is 115. The molecule has 0 amide bonds. The van der Waals surface area contributed by atoms with Crippen LogP contribution in [-0.4, -0.2) is 57.1 Å². The number of hydrogen-bond donors (Lipinski definition) is 0. The lowest BCUT2D eigenvalue weighted by molar-refractivity contribution is -0.107. The van der Waals surface area contributed by atoms with E-state index in [1.165, 1.54) is 0 Å². The van der Waals surface area contributed by atoms with Crippen LogP contribution in [0, 0.1) is 0 Å². The van der Waals surface area contributed by atoms with Crippen molar-refractivity contribution in [3.05, 3.63) is 0 Å². The Hall–Kier alpha value is -0.160. The highest BCUT2D eigenvalue weighted by atomic mass is 16.5. The van der Waals surface area contributed by atoms with E-state index in [9.17, 15) is 0 Å². The minimum absolute atomic E-state index is 0.225. The van der Waals surface area contributed by atoms with Crippen LogP contribution in [0.4, 0.5) is 0 Å². The number of rotatable bonds is 1. The molecule has 1 radical (unpaired) electrons. The predicted molar refractivity (Wildman–Crippen MR) is 44.0 cm³/mol. The second-order valence-electron chi connectivity index (χ2n) is 3.10. The van der Waals surface area contributed by atoms with Gasteiger partial charge in [-0.2, -0.15) is 0 Å². The molecule has 0 aliphatic carbocycles. The van der Waals surface area contributed by atoms with Crippen LogP contribution >= 0.6 is 0 Å². The summed E-state index contributed by atoms with van der Waals surface area (Å²) in [5.74, 6) is 0. The monoisotopic (exact) mass is 171 g/mol. The molecule has 0 spiro atoms. The Balaban J connectivity index is 1.80. The van der Waals surface area contributed by atoms with Crippen molar-refractivity contribution < 1.29 is 9.47 Å². The van der Waals surface area contributed by atoms with E-state index in [1.807, 2.05) is 0 Å². The summed E-state index contributed by atoms with van der Waals surface area (Å²) in [6.07, 6.45) is 0.225. The van der Waals surface area contributed by atoms with Crippen molar-refractivity contribution in [1.82, 2.24) is 10.2 Å². The molecule has 12 heavy (non-hydrogen) atoms. The maximum atomic E-state index is 5.59. The summed E-state index contributed by atoms with van der Waals surface area (Å²) in [6.45, 7) is 6.11. The maximum absolute atomic E-state index is 5.59. The van der Waals surface area contributed by atoms with Gasteiger partial charge in [0.2, 0.25) is 0 Å². The van der Waals surface area contributed by atoms with E-state index in [1.54, 1.807) is 0 Å². The third-order valence-electron chi connectivity index (χ3n) is 2.30. The highest BCUT2D eigenvalue weighted by Gasteiger charge is 2.23. The third kappa shape index (κ3) is 1.95. The Morgan fingerprint density at radius 1 is 1.17 bits per heavy atom. The highest BCUT2D eigenvalue weighted by molar-refractivity contribution is 4.71. The Labute approximate surface area is 72.8 Å². The van der Waals surface area contributed by atoms with Crippen LogP contribution in [0.2, 0.25) is 0 Å². The molecule has 69 valence electrons. The number of hydrogen-bond acceptors (Lipinski definition) is 3. The van der Waals surface area contributed by atoms with Crippen LogP contribution < -0.4 is 5.32 Å². The molecule has 4 heteroatoms. The average Bonchev–Trinajstić information content (AvgIpc) is 2.21. The molecule has 1 unspecified atom stereocenters. The van der Waals surface area contributed by atoms with Crippen molar-refractivity contribution in [2.24, 2.45) is 0 Å². The fraction of sp³-hybridized carbons (Fsp3) is 1.00. The lowest BCUT2D eigenvalue weighted by Gasteiger charge is -2.35. The van der Waals surface area contributed by atoms with E-state index in [0.717, 1.165) is 46.0 Å². The zero-order valence-corrected chi connectivity index (χ0v) is 7.24. The van der Waals surface area contributed by atoms with Crippen LogP contribution in [0.1, 0.15) is 0 Å². The molecule has 1 atom stereocenters. The highest BCUT2D eigenvalue weighted by Crippen LogP contribution is 2.07. The van der Waals surface area contributed by atoms with Gasteiger partial charge >= 0.3 is 0 Å². The summed E-state index contributed by atoms with van der Waals surface area (Å²) in [6, 6.07) is 0. The average molecular weight is 171 g/mol. The Morgan fingerprint density at radius 2 is 2.00 bits per heavy atom. The molecule has 0 aromatic heterocycles. The standard InChI is InChI=1S/C8H15N2O2/c1-4-12-8(7-9-1)10-2-5-11-6-3-10/h8H,1-7H2. The summed E-state index contributed by atoms with van der Waals surface area (Å²) >= 11 is 0. The normalized spacial score (nSPS) is 33.5. The molecule has 2 heterocycles. The van der Waals surface area contributed by atoms with E-state index >= 15 is 0 Å². The molecule has 0 bridgehead atoms. The largest absolute Gasteiger partial charge is 0.379 e. The first-order chi connectivity index (χ1) is 5.97. The maximum Gasteiger partial charge on any atom is 0.125 e. The first-order valence-electron chi connectivity index (χ1n) is 4.53. The minimum Gasteiger partial charge on any atom is -0.379 e. The Kier molecular flexibility index (Phi) is 2.94. The fourth-order valence-corrected chi connectivity index (χ4v) is 1.59. The van der Waals surface area contributed by atoms with Gasteiger partial charge in [0.1, 0.15) is 6.23 Å². The molecule has 0 N–H and O–H groups in total. The molecule has 2 saturated heterocycles. The van der Waals surface area contributed by atoms with Gasteiger partial charge in [0, 0.05) is 19.6 Å². The quantitative estimate of drug-likeness (QED) is 0.522. The summed E-state index contributed by atoms with van der Waals surface area (Å²) in [5.41, 5.74) is 0. The van der Waals surface area contributed by atoms with E-state index in [-0.39, 0.29) is 6.23 Å². The third-order valence-corrected chi connectivity index (χ3v) is 2.30. The van der Waals surface area contributed by atoms with E-state index in [2.05, 4.69) is 10.2 Å². The molecule has 0 aromatic rings. The van der Waals surface area contributed by atoms with E-state index in [0.29, 0.717) is 0 Å². The predicted octanol–water partition coefficient (Wildman–Crippen LogP) is -0.721. The van der Waals surface area contributed by atoms with Crippen molar-refractivity contribution in [3.63, 3.8) is 0 Å². The molecule has 2 aliphatic heterocycles. The van der Waals surface area contributed by atoms with Crippen molar-refractivity contribution in [2.45, 2.75) is 6.23 Å². The molecule has 0 saturated carbocycles. The zero-order valence-electron chi connectivity index (χ0n) is 7.24. The summed E-state index contributed by atoms with van der Waals surface area (Å²) in [4.78, 5) is 2.31. The second kappa shape index (κ2) is 4.18. The van der Waals surface area contributed by atoms with E-state index in [4.69, 9.17) is 9.47 Å². The van der Waals surface area contributed by atoms with Crippen LogP contribution in [0.5, 0.6) is 0 Å². The van der Waals surface area contributed by atoms with Gasteiger partial charge in [-0.15, -0.1) is 0 Å². The summed E-state index contributed by atoms with van der Waals surface area (Å²) < 4.78 is 10.9. The summed E-state index contributed by atoms with van der Waals surface area (Å²) in [7, 11) is 0. The molecule has 2 fully saturated rings. The topological polar surface area (TPSA) is 35.8 Å². The van der Waals surface area contributed by atoms with Crippen molar-refractivity contribution >= 4 is 0 Å². The molecule has 0 aromatic carbocycles. The van der Waals surface area contributed by atoms with Crippen molar-refractivity contribution in [3.8, 4) is 0 Å². The lowest BCUT2D eigenvalue weighted by atomic mass is 10.3. The fourth-order valence-electron chi connectivity index (χ4n) is 1.59. The van der Waals surface area contributed by atoms with Crippen molar-refractivity contribution in [2.75, 3.05) is 46.0 Å². The molecule has 2 rings (SSSR count). The minimum atomic E-state index is 0.225. The smallest absolute Gasteiger partial charge is 0.125 e. The first-order valence-corrected chi connectivity index (χ1v) is 4.53. The SMILES string of the molecule is C1COC(N2CCOCC2)C[N]1. The van der Waals surface area contributed by atoms with Crippen LogP contribution in [-0.2, 0) is 9.47 Å². The van der Waals surface area contributed by atoms with Gasteiger partial charge in [0.05, 0.1) is 26.4 Å². The first kappa shape index (κ1) is 8.44. The van der Waals surface area contributed by atoms with Gasteiger partial charge in [0.25, 0.3) is 0 Å². The zero-order chi connectivity index (χ0) is 8.23. The molecule has 4 nitrogen and oxygen atoms in total. The molecule has 2 aliphatic rings.